The van der Waals surface area contributed by atoms with E-state index < -0.39 is 6.10 Å². The number of urea groups is 1. The van der Waals surface area contributed by atoms with Gasteiger partial charge in [-0.05, 0) is 55.0 Å². The molecule has 0 unspecified atom stereocenters. The minimum atomic E-state index is -0.921. The predicted octanol–water partition coefficient (Wildman–Crippen LogP) is 5.00. The number of hydrogen-bond donors (Lipinski definition) is 2. The van der Waals surface area contributed by atoms with Crippen LogP contribution in [0.15, 0.2) is 48.5 Å². The number of rotatable bonds is 9. The lowest BCUT2D eigenvalue weighted by Crippen LogP contribution is -2.40. The summed E-state index contributed by atoms with van der Waals surface area (Å²) in [7, 11) is 0. The monoisotopic (exact) mass is 444 g/mol. The second-order valence-corrected chi connectivity index (χ2v) is 8.59. The van der Waals surface area contributed by atoms with E-state index in [1.807, 2.05) is 32.0 Å². The molecule has 0 spiro atoms. The Morgan fingerprint density at radius 2 is 1.94 bits per heavy atom. The van der Waals surface area contributed by atoms with Crippen molar-refractivity contribution in [3.63, 3.8) is 0 Å². The number of benzene rings is 2. The van der Waals surface area contributed by atoms with E-state index in [-0.39, 0.29) is 30.4 Å². The van der Waals surface area contributed by atoms with Gasteiger partial charge in [0.15, 0.2) is 0 Å². The molecule has 2 atom stereocenters. The zero-order valence-corrected chi connectivity index (χ0v) is 18.8. The first kappa shape index (κ1) is 24.0. The molecule has 0 aliphatic carbocycles. The molecule has 2 aromatic carbocycles. The highest BCUT2D eigenvalue weighted by Gasteiger charge is 2.21. The van der Waals surface area contributed by atoms with E-state index >= 15 is 0 Å². The molecule has 1 fully saturated rings. The lowest BCUT2D eigenvalue weighted by Gasteiger charge is -2.28. The summed E-state index contributed by atoms with van der Waals surface area (Å²) in [6.07, 6.45) is 2.33. The smallest absolute Gasteiger partial charge is 0.322 e. The number of halogens is 1. The van der Waals surface area contributed by atoms with E-state index in [1.54, 1.807) is 11.0 Å². The molecule has 0 saturated carbocycles. The fourth-order valence-electron chi connectivity index (χ4n) is 3.69. The van der Waals surface area contributed by atoms with Gasteiger partial charge in [-0.25, -0.2) is 9.18 Å². The maximum absolute atomic E-state index is 13.2. The highest BCUT2D eigenvalue weighted by atomic mass is 19.1. The molecular formula is C25H33FN2O4. The van der Waals surface area contributed by atoms with Gasteiger partial charge in [0.2, 0.25) is 0 Å². The van der Waals surface area contributed by atoms with Crippen molar-refractivity contribution in [3.05, 3.63) is 59.9 Å². The Morgan fingerprint density at radius 1 is 1.19 bits per heavy atom. The summed E-state index contributed by atoms with van der Waals surface area (Å²) in [5, 5.41) is 13.5. The summed E-state index contributed by atoms with van der Waals surface area (Å²) in [5.74, 6) is 0.419. The number of carbonyl (C=O) groups excluding carboxylic acids is 1. The molecule has 0 bridgehead atoms. The maximum Gasteiger partial charge on any atom is 0.322 e. The zero-order chi connectivity index (χ0) is 22.9. The molecule has 2 amide bonds. The van der Waals surface area contributed by atoms with E-state index in [9.17, 15) is 14.3 Å². The first-order valence-corrected chi connectivity index (χ1v) is 11.2. The van der Waals surface area contributed by atoms with Gasteiger partial charge in [0.25, 0.3) is 0 Å². The Kier molecular flexibility index (Phi) is 8.88. The Balaban J connectivity index is 1.65. The number of ether oxygens (including phenoxy) is 2. The van der Waals surface area contributed by atoms with Gasteiger partial charge in [-0.2, -0.15) is 0 Å². The zero-order valence-electron chi connectivity index (χ0n) is 18.8. The number of aliphatic hydroxyl groups excluding tert-OH is 1. The van der Waals surface area contributed by atoms with Crippen LogP contribution < -0.4 is 10.1 Å². The van der Waals surface area contributed by atoms with Crippen LogP contribution in [0.25, 0.3) is 0 Å². The average Bonchev–Trinajstić information content (AvgIpc) is 2.79. The summed E-state index contributed by atoms with van der Waals surface area (Å²) in [6.45, 7) is 5.76. The minimum Gasteiger partial charge on any atom is -0.489 e. The van der Waals surface area contributed by atoms with Crippen molar-refractivity contribution >= 4 is 11.7 Å². The molecule has 1 saturated heterocycles. The quantitative estimate of drug-likeness (QED) is 0.571. The Morgan fingerprint density at radius 3 is 2.62 bits per heavy atom. The Labute approximate surface area is 189 Å². The number of anilines is 1. The van der Waals surface area contributed by atoms with Gasteiger partial charge in [0.05, 0.1) is 24.4 Å². The van der Waals surface area contributed by atoms with Crippen LogP contribution in [0.2, 0.25) is 0 Å². The van der Waals surface area contributed by atoms with Crippen LogP contribution in [-0.2, 0) is 4.74 Å². The van der Waals surface area contributed by atoms with Gasteiger partial charge in [-0.1, -0.05) is 38.1 Å². The molecule has 1 aliphatic rings. The standard InChI is InChI=1S/C25H33FN2O4/c1-18(2)15-28(16-23(29)19-10-12-20(26)13-11-19)25(30)27-22-8-3-4-9-24(22)32-17-21-7-5-6-14-31-21/h3-4,8-13,18,21,23,29H,5-7,14-17H2,1-2H3,(H,27,30)/t21-,23-/m1/s1. The molecule has 0 radical (unpaired) electrons. The Bertz CT molecular complexity index is 853. The lowest BCUT2D eigenvalue weighted by atomic mass is 10.1. The van der Waals surface area contributed by atoms with E-state index in [0.29, 0.717) is 30.2 Å². The van der Waals surface area contributed by atoms with Crippen molar-refractivity contribution in [2.75, 3.05) is 31.6 Å². The summed E-state index contributed by atoms with van der Waals surface area (Å²) >= 11 is 0. The molecule has 1 heterocycles. The minimum absolute atomic E-state index is 0.0656. The lowest BCUT2D eigenvalue weighted by molar-refractivity contribution is -0.0109. The Hall–Kier alpha value is -2.64. The molecule has 3 rings (SSSR count). The van der Waals surface area contributed by atoms with Gasteiger partial charge < -0.3 is 24.8 Å². The van der Waals surface area contributed by atoms with Crippen LogP contribution >= 0.6 is 0 Å². The fourth-order valence-corrected chi connectivity index (χ4v) is 3.69. The van der Waals surface area contributed by atoms with Crippen molar-refractivity contribution in [2.24, 2.45) is 5.92 Å². The van der Waals surface area contributed by atoms with Crippen LogP contribution in [-0.4, -0.2) is 48.4 Å². The first-order chi connectivity index (χ1) is 15.4. The topological polar surface area (TPSA) is 71.0 Å². The first-order valence-electron chi connectivity index (χ1n) is 11.2. The molecule has 1 aliphatic heterocycles. The number of amides is 2. The van der Waals surface area contributed by atoms with Crippen molar-refractivity contribution in [1.29, 1.82) is 0 Å². The number of aliphatic hydroxyl groups is 1. The van der Waals surface area contributed by atoms with Crippen molar-refractivity contribution < 1.29 is 23.8 Å². The number of nitrogens with one attached hydrogen (secondary N) is 1. The highest BCUT2D eigenvalue weighted by Crippen LogP contribution is 2.26. The van der Waals surface area contributed by atoms with E-state index in [1.165, 1.54) is 24.3 Å². The van der Waals surface area contributed by atoms with Crippen LogP contribution in [0, 0.1) is 11.7 Å². The van der Waals surface area contributed by atoms with Crippen molar-refractivity contribution in [3.8, 4) is 5.75 Å². The van der Waals surface area contributed by atoms with Gasteiger partial charge in [0.1, 0.15) is 18.2 Å². The maximum atomic E-state index is 13.2. The second kappa shape index (κ2) is 11.8. The third kappa shape index (κ3) is 7.21. The highest BCUT2D eigenvalue weighted by molar-refractivity contribution is 5.91. The van der Waals surface area contributed by atoms with Crippen LogP contribution in [0.4, 0.5) is 14.9 Å². The third-order valence-electron chi connectivity index (χ3n) is 5.35. The van der Waals surface area contributed by atoms with Gasteiger partial charge in [-0.15, -0.1) is 0 Å². The molecule has 174 valence electrons. The van der Waals surface area contributed by atoms with Crippen LogP contribution in [0.5, 0.6) is 5.75 Å². The van der Waals surface area contributed by atoms with Crippen molar-refractivity contribution in [1.82, 2.24) is 4.90 Å². The second-order valence-electron chi connectivity index (χ2n) is 8.59. The SMILES string of the molecule is CC(C)CN(C[C@@H](O)c1ccc(F)cc1)C(=O)Nc1ccccc1OC[C@H]1CCCCO1. The van der Waals surface area contributed by atoms with Crippen LogP contribution in [0.1, 0.15) is 44.8 Å². The summed E-state index contributed by atoms with van der Waals surface area (Å²) < 4.78 is 24.9. The molecule has 6 nitrogen and oxygen atoms in total. The average molecular weight is 445 g/mol. The largest absolute Gasteiger partial charge is 0.489 e. The van der Waals surface area contributed by atoms with E-state index in [4.69, 9.17) is 9.47 Å². The summed E-state index contributed by atoms with van der Waals surface area (Å²) in [4.78, 5) is 14.7. The van der Waals surface area contributed by atoms with Gasteiger partial charge in [-0.3, -0.25) is 0 Å². The summed E-state index contributed by atoms with van der Waals surface area (Å²) in [6, 6.07) is 12.6. The number of carbonyl (C=O) groups is 1. The van der Waals surface area contributed by atoms with E-state index in [0.717, 1.165) is 25.9 Å². The molecule has 2 N–H and O–H groups in total. The summed E-state index contributed by atoms with van der Waals surface area (Å²) in [5.41, 5.74) is 1.13. The fraction of sp³-hybridized carbons (Fsp3) is 0.480. The van der Waals surface area contributed by atoms with Crippen molar-refractivity contribution in [2.45, 2.75) is 45.3 Å². The molecule has 32 heavy (non-hydrogen) atoms. The number of hydrogen-bond acceptors (Lipinski definition) is 4. The number of nitrogens with zero attached hydrogens (tertiary/aromatic N) is 1. The molecule has 0 aromatic heterocycles. The van der Waals surface area contributed by atoms with Gasteiger partial charge >= 0.3 is 6.03 Å². The molecule has 7 heteroatoms. The van der Waals surface area contributed by atoms with Gasteiger partial charge in [0, 0.05) is 13.2 Å². The molecular weight excluding hydrogens is 411 g/mol. The third-order valence-corrected chi connectivity index (χ3v) is 5.35. The molecule has 2 aromatic rings. The normalized spacial score (nSPS) is 17.1. The number of para-hydroxylation sites is 2. The van der Waals surface area contributed by atoms with Crippen LogP contribution in [0.3, 0.4) is 0 Å². The van der Waals surface area contributed by atoms with E-state index in [2.05, 4.69) is 5.32 Å². The predicted molar refractivity (Wildman–Crippen MR) is 122 cm³/mol.